The number of aromatic nitrogens is 9. The SMILES string of the molecule is c1ccc2c(c1)nc(C13CC4CC(CC(C4)C1)C3)n2-c1nc(-n2c(C34CC5CC(CC(C5)C3)C4)nc3ccccc32)nc(-n2c(C34CC5CC(CC(C5)C3)C4)nc3ccccc32)n1. The lowest BCUT2D eigenvalue weighted by atomic mass is 9.49. The molecule has 7 aromatic rings. The van der Waals surface area contributed by atoms with E-state index >= 15 is 0 Å². The number of para-hydroxylation sites is 6. The Bertz CT molecular complexity index is 2610. The zero-order valence-electron chi connectivity index (χ0n) is 36.4. The number of hydrogen-bond acceptors (Lipinski definition) is 6. The van der Waals surface area contributed by atoms with Crippen LogP contribution >= 0.6 is 0 Å². The Hall–Kier alpha value is -4.92. The van der Waals surface area contributed by atoms with Gasteiger partial charge in [-0.05, 0) is 205 Å². The maximum Gasteiger partial charge on any atom is 0.242 e. The van der Waals surface area contributed by atoms with Crippen LogP contribution in [0.4, 0.5) is 0 Å². The third-order valence-corrected chi connectivity index (χ3v) is 19.4. The van der Waals surface area contributed by atoms with Crippen LogP contribution in [0.25, 0.3) is 50.9 Å². The van der Waals surface area contributed by atoms with Gasteiger partial charge in [-0.3, -0.25) is 13.7 Å². The Balaban J connectivity index is 0.987. The van der Waals surface area contributed by atoms with E-state index in [4.69, 9.17) is 29.9 Å². The zero-order valence-corrected chi connectivity index (χ0v) is 36.4. The highest BCUT2D eigenvalue weighted by atomic mass is 15.4. The fourth-order valence-electron chi connectivity index (χ4n) is 18.5. The molecule has 0 saturated heterocycles. The van der Waals surface area contributed by atoms with Crippen molar-refractivity contribution < 1.29 is 0 Å². The maximum atomic E-state index is 5.80. The van der Waals surface area contributed by atoms with Crippen molar-refractivity contribution in [1.29, 1.82) is 0 Å². The number of rotatable bonds is 6. The Morgan fingerprint density at radius 3 is 0.762 bits per heavy atom. The van der Waals surface area contributed by atoms with Crippen LogP contribution in [0.5, 0.6) is 0 Å². The van der Waals surface area contributed by atoms with Gasteiger partial charge in [0.1, 0.15) is 17.5 Å². The topological polar surface area (TPSA) is 92.1 Å². The van der Waals surface area contributed by atoms with Gasteiger partial charge in [-0.25, -0.2) is 15.0 Å². The van der Waals surface area contributed by atoms with Crippen LogP contribution in [0.1, 0.15) is 133 Å². The first-order valence-electron chi connectivity index (χ1n) is 25.1. The summed E-state index contributed by atoms with van der Waals surface area (Å²) in [5.41, 5.74) is 6.49. The summed E-state index contributed by atoms with van der Waals surface area (Å²) < 4.78 is 7.26. The van der Waals surface area contributed by atoms with Gasteiger partial charge in [-0.15, -0.1) is 0 Å². The summed E-state index contributed by atoms with van der Waals surface area (Å²) in [5.74, 6) is 12.7. The monoisotopic (exact) mass is 831 g/mol. The van der Waals surface area contributed by atoms with Crippen molar-refractivity contribution in [3.8, 4) is 17.8 Å². The molecule has 12 aliphatic carbocycles. The van der Waals surface area contributed by atoms with Gasteiger partial charge >= 0.3 is 0 Å². The molecule has 0 radical (unpaired) electrons. The molecule has 3 aromatic carbocycles. The summed E-state index contributed by atoms with van der Waals surface area (Å²) in [7, 11) is 0. The molecule has 9 nitrogen and oxygen atoms in total. The van der Waals surface area contributed by atoms with Crippen molar-refractivity contribution in [2.24, 2.45) is 53.3 Å². The van der Waals surface area contributed by atoms with E-state index in [1.807, 2.05) is 0 Å². The normalized spacial score (nSPS) is 38.0. The minimum atomic E-state index is 0.0266. The molecule has 0 aliphatic heterocycles. The fraction of sp³-hybridized carbons (Fsp3) is 0.556. The average molecular weight is 832 g/mol. The van der Waals surface area contributed by atoms with E-state index in [1.165, 1.54) is 133 Å². The summed E-state index contributed by atoms with van der Waals surface area (Å²) in [5, 5.41) is 0. The van der Waals surface area contributed by atoms with Gasteiger partial charge < -0.3 is 0 Å². The third kappa shape index (κ3) is 4.95. The third-order valence-electron chi connectivity index (χ3n) is 19.4. The summed E-state index contributed by atoms with van der Waals surface area (Å²) in [6.45, 7) is 0. The first-order chi connectivity index (χ1) is 30.9. The minimum absolute atomic E-state index is 0.0266. The van der Waals surface area contributed by atoms with Crippen LogP contribution in [0, 0.1) is 53.3 Å². The lowest BCUT2D eigenvalue weighted by molar-refractivity contribution is -0.00998. The molecule has 0 atom stereocenters. The van der Waals surface area contributed by atoms with E-state index in [1.54, 1.807) is 0 Å². The largest absolute Gasteiger partial charge is 0.263 e. The van der Waals surface area contributed by atoms with Crippen LogP contribution in [0.15, 0.2) is 72.8 Å². The molecule has 318 valence electrons. The first kappa shape index (κ1) is 35.4. The Morgan fingerprint density at radius 2 is 0.524 bits per heavy atom. The van der Waals surface area contributed by atoms with Crippen molar-refractivity contribution in [3.63, 3.8) is 0 Å². The van der Waals surface area contributed by atoms with E-state index in [0.717, 1.165) is 86.4 Å². The van der Waals surface area contributed by atoms with Gasteiger partial charge in [0.2, 0.25) is 17.8 Å². The number of fused-ring (bicyclic) bond motifs is 3. The molecule has 4 heterocycles. The van der Waals surface area contributed by atoms with Crippen molar-refractivity contribution in [2.75, 3.05) is 0 Å². The van der Waals surface area contributed by atoms with Gasteiger partial charge in [0.05, 0.1) is 33.1 Å². The molecule has 12 fully saturated rings. The van der Waals surface area contributed by atoms with Crippen LogP contribution in [-0.2, 0) is 16.2 Å². The second kappa shape index (κ2) is 12.2. The Labute approximate surface area is 368 Å². The Kier molecular flexibility index (Phi) is 6.89. The van der Waals surface area contributed by atoms with Crippen molar-refractivity contribution >= 4 is 33.1 Å². The molecule has 12 bridgehead atoms. The van der Waals surface area contributed by atoms with Crippen LogP contribution in [0.2, 0.25) is 0 Å². The highest BCUT2D eigenvalue weighted by molar-refractivity contribution is 5.81. The molecular formula is C54H57N9. The summed E-state index contributed by atoms with van der Waals surface area (Å²) in [6, 6.07) is 26.4. The highest BCUT2D eigenvalue weighted by Gasteiger charge is 2.57. The zero-order chi connectivity index (χ0) is 40.8. The van der Waals surface area contributed by atoms with E-state index < -0.39 is 0 Å². The molecule has 19 rings (SSSR count). The van der Waals surface area contributed by atoms with Crippen LogP contribution < -0.4 is 0 Å². The van der Waals surface area contributed by atoms with Crippen LogP contribution in [-0.4, -0.2) is 43.6 Å². The van der Waals surface area contributed by atoms with Crippen molar-refractivity contribution in [2.45, 2.75) is 132 Å². The number of benzene rings is 3. The molecule has 12 saturated carbocycles. The standard InChI is InChI=1S/C54H57N9/c1-4-10-43-40(7-1)55-46(52-22-31-13-32(23-52)15-33(14-31)24-52)61(43)49-58-50(62-44-11-5-2-8-41(44)56-47(62)53-25-34-16-35(26-53)18-36(17-34)27-53)60-51(59-49)63-45-12-6-3-9-42(45)57-48(63)54-28-37-19-38(29-54)21-39(20-37)30-54/h1-12,31-39H,13-30H2. The number of nitrogens with zero attached hydrogens (tertiary/aromatic N) is 9. The molecule has 9 heteroatoms. The molecular weight excluding hydrogens is 775 g/mol. The highest BCUT2D eigenvalue weighted by Crippen LogP contribution is 2.63. The lowest BCUT2D eigenvalue weighted by Crippen LogP contribution is -2.50. The molecule has 0 N–H and O–H groups in total. The van der Waals surface area contributed by atoms with E-state index in [-0.39, 0.29) is 16.2 Å². The lowest BCUT2D eigenvalue weighted by Gasteiger charge is -2.56. The van der Waals surface area contributed by atoms with Crippen molar-refractivity contribution in [1.82, 2.24) is 43.6 Å². The second-order valence-electron chi connectivity index (χ2n) is 23.6. The Morgan fingerprint density at radius 1 is 0.302 bits per heavy atom. The average Bonchev–Trinajstić information content (AvgIpc) is 3.98. The molecule has 0 spiro atoms. The van der Waals surface area contributed by atoms with Gasteiger partial charge in [0, 0.05) is 16.2 Å². The maximum absolute atomic E-state index is 5.80. The summed E-state index contributed by atoms with van der Waals surface area (Å²) in [6.07, 6.45) is 23.5. The quantitative estimate of drug-likeness (QED) is 0.166. The number of imidazole rings is 3. The molecule has 12 aliphatic rings. The van der Waals surface area contributed by atoms with Gasteiger partial charge in [-0.1, -0.05) is 36.4 Å². The van der Waals surface area contributed by atoms with Crippen molar-refractivity contribution in [3.05, 3.63) is 90.3 Å². The van der Waals surface area contributed by atoms with E-state index in [2.05, 4.69) is 86.5 Å². The van der Waals surface area contributed by atoms with Gasteiger partial charge in [-0.2, -0.15) is 15.0 Å². The molecule has 63 heavy (non-hydrogen) atoms. The number of hydrogen-bond donors (Lipinski definition) is 0. The molecule has 0 unspecified atom stereocenters. The van der Waals surface area contributed by atoms with E-state index in [9.17, 15) is 0 Å². The van der Waals surface area contributed by atoms with Gasteiger partial charge in [0.25, 0.3) is 0 Å². The summed E-state index contributed by atoms with van der Waals surface area (Å²) >= 11 is 0. The molecule has 4 aromatic heterocycles. The summed E-state index contributed by atoms with van der Waals surface area (Å²) in [4.78, 5) is 34.4. The van der Waals surface area contributed by atoms with Gasteiger partial charge in [0.15, 0.2) is 0 Å². The predicted octanol–water partition coefficient (Wildman–Crippen LogP) is 11.3. The van der Waals surface area contributed by atoms with E-state index in [0.29, 0.717) is 17.8 Å². The van der Waals surface area contributed by atoms with Crippen LogP contribution in [0.3, 0.4) is 0 Å². The predicted molar refractivity (Wildman–Crippen MR) is 243 cm³/mol. The fourth-order valence-corrected chi connectivity index (χ4v) is 18.5. The second-order valence-corrected chi connectivity index (χ2v) is 23.6. The first-order valence-corrected chi connectivity index (χ1v) is 25.1. The smallest absolute Gasteiger partial charge is 0.242 e. The molecule has 0 amide bonds. The minimum Gasteiger partial charge on any atom is -0.263 e.